The monoisotopic (exact) mass is 439 g/mol. The number of hydrogen-bond acceptors (Lipinski definition) is 3. The molecule has 1 aromatic carbocycles. The van der Waals surface area contributed by atoms with Crippen LogP contribution < -0.4 is 5.32 Å². The summed E-state index contributed by atoms with van der Waals surface area (Å²) in [6.07, 6.45) is 4.62. The summed E-state index contributed by atoms with van der Waals surface area (Å²) < 4.78 is 0. The highest BCUT2D eigenvalue weighted by Crippen LogP contribution is 2.31. The van der Waals surface area contributed by atoms with Gasteiger partial charge in [-0.05, 0) is 42.9 Å². The van der Waals surface area contributed by atoms with Crippen LogP contribution in [0.1, 0.15) is 49.9 Å². The third-order valence-electron chi connectivity index (χ3n) is 5.96. The molecule has 1 saturated carbocycles. The van der Waals surface area contributed by atoms with Crippen LogP contribution in [-0.4, -0.2) is 60.4 Å². The summed E-state index contributed by atoms with van der Waals surface area (Å²) in [7, 11) is 0. The summed E-state index contributed by atoms with van der Waals surface area (Å²) in [5.74, 6) is 0.913. The molecule has 0 radical (unpaired) electrons. The number of carbonyl (C=O) groups excluding carboxylic acids is 2. The van der Waals surface area contributed by atoms with Crippen LogP contribution in [0, 0.1) is 11.8 Å². The average Bonchev–Trinajstić information content (AvgIpc) is 3.21. The molecule has 29 heavy (non-hydrogen) atoms. The lowest BCUT2D eigenvalue weighted by Gasteiger charge is -2.41. The smallest absolute Gasteiger partial charge is 0.255 e. The number of halogens is 2. The number of amides is 2. The Labute approximate surface area is 183 Å². The number of carbonyl (C=O) groups is 2. The number of nitrogens with one attached hydrogen (secondary N) is 1. The van der Waals surface area contributed by atoms with Crippen molar-refractivity contribution in [2.45, 2.75) is 45.6 Å². The van der Waals surface area contributed by atoms with E-state index in [1.165, 1.54) is 12.8 Å². The van der Waals surface area contributed by atoms with E-state index in [1.807, 2.05) is 4.90 Å². The van der Waals surface area contributed by atoms with Crippen molar-refractivity contribution in [2.24, 2.45) is 11.8 Å². The van der Waals surface area contributed by atoms with E-state index in [9.17, 15) is 9.59 Å². The third kappa shape index (κ3) is 5.65. The lowest BCUT2D eigenvalue weighted by molar-refractivity contribution is -0.129. The van der Waals surface area contributed by atoms with Crippen molar-refractivity contribution < 1.29 is 9.59 Å². The first-order chi connectivity index (χ1) is 13.9. The minimum Gasteiger partial charge on any atom is -0.354 e. The van der Waals surface area contributed by atoms with Gasteiger partial charge in [0.1, 0.15) is 0 Å². The number of hydrogen-bond donors (Lipinski definition) is 1. The molecule has 1 saturated heterocycles. The van der Waals surface area contributed by atoms with Gasteiger partial charge in [-0.3, -0.25) is 14.5 Å². The Morgan fingerprint density at radius 2 is 1.76 bits per heavy atom. The van der Waals surface area contributed by atoms with Gasteiger partial charge in [0.05, 0.1) is 16.6 Å². The van der Waals surface area contributed by atoms with Crippen LogP contribution in [0.3, 0.4) is 0 Å². The second-order valence-electron chi connectivity index (χ2n) is 8.58. The van der Waals surface area contributed by atoms with Gasteiger partial charge in [0.15, 0.2) is 0 Å². The average molecular weight is 440 g/mol. The Kier molecular flexibility index (Phi) is 7.83. The lowest BCUT2D eigenvalue weighted by Crippen LogP contribution is -2.58. The van der Waals surface area contributed by atoms with Crippen LogP contribution in [-0.2, 0) is 4.79 Å². The fraction of sp³-hybridized carbons (Fsp3) is 0.636. The van der Waals surface area contributed by atoms with E-state index in [1.54, 1.807) is 18.2 Å². The largest absolute Gasteiger partial charge is 0.354 e. The minimum absolute atomic E-state index is 0.0759. The van der Waals surface area contributed by atoms with E-state index in [0.717, 1.165) is 12.8 Å². The minimum atomic E-state index is -0.0902. The standard InChI is InChI=1S/C22H31Cl2N3O2/c1-15(2)14-25-21(28)20(16-5-3-4-6-16)26-9-11-27(12-10-26)22(29)18-8-7-17(23)13-19(18)24/h7-8,13,15-16,20H,3-6,9-12,14H2,1-2H3,(H,25,28)/t20-/m0/s1. The highest BCUT2D eigenvalue weighted by molar-refractivity contribution is 6.36. The van der Waals surface area contributed by atoms with Crippen molar-refractivity contribution >= 4 is 35.0 Å². The number of piperazine rings is 1. The van der Waals surface area contributed by atoms with Crippen LogP contribution in [0.15, 0.2) is 18.2 Å². The molecule has 2 amide bonds. The Bertz CT molecular complexity index is 727. The van der Waals surface area contributed by atoms with E-state index >= 15 is 0 Å². The molecule has 0 unspecified atom stereocenters. The molecule has 160 valence electrons. The van der Waals surface area contributed by atoms with E-state index < -0.39 is 0 Å². The maximum atomic E-state index is 13.0. The second-order valence-corrected chi connectivity index (χ2v) is 9.42. The molecule has 1 aromatic rings. The Morgan fingerprint density at radius 3 is 2.34 bits per heavy atom. The van der Waals surface area contributed by atoms with Crippen molar-refractivity contribution in [3.8, 4) is 0 Å². The number of nitrogens with zero attached hydrogens (tertiary/aromatic N) is 2. The van der Waals surface area contributed by atoms with Crippen LogP contribution >= 0.6 is 23.2 Å². The van der Waals surface area contributed by atoms with Gasteiger partial charge in [0.25, 0.3) is 5.91 Å². The summed E-state index contributed by atoms with van der Waals surface area (Å²) in [5.41, 5.74) is 0.478. The second kappa shape index (κ2) is 10.1. The molecule has 7 heteroatoms. The van der Waals surface area contributed by atoms with Crippen molar-refractivity contribution in [3.63, 3.8) is 0 Å². The lowest BCUT2D eigenvalue weighted by atomic mass is 9.94. The van der Waals surface area contributed by atoms with Gasteiger partial charge in [-0.25, -0.2) is 0 Å². The quantitative estimate of drug-likeness (QED) is 0.725. The fourth-order valence-corrected chi connectivity index (χ4v) is 4.89. The zero-order chi connectivity index (χ0) is 21.0. The fourth-order valence-electron chi connectivity index (χ4n) is 4.40. The molecule has 2 fully saturated rings. The maximum absolute atomic E-state index is 13.0. The Hall–Kier alpha value is -1.30. The normalized spacial score (nSPS) is 19.6. The summed E-state index contributed by atoms with van der Waals surface area (Å²) in [4.78, 5) is 30.0. The summed E-state index contributed by atoms with van der Waals surface area (Å²) in [5, 5.41) is 4.03. The van der Waals surface area contributed by atoms with E-state index in [2.05, 4.69) is 24.1 Å². The first kappa shape index (κ1) is 22.4. The Balaban J connectivity index is 1.64. The summed E-state index contributed by atoms with van der Waals surface area (Å²) in [6, 6.07) is 4.88. The van der Waals surface area contributed by atoms with E-state index in [0.29, 0.717) is 60.2 Å². The number of rotatable bonds is 6. The molecule has 1 aliphatic heterocycles. The van der Waals surface area contributed by atoms with Crippen LogP contribution in [0.25, 0.3) is 0 Å². The van der Waals surface area contributed by atoms with Gasteiger partial charge in [-0.1, -0.05) is 49.9 Å². The van der Waals surface area contributed by atoms with Crippen LogP contribution in [0.2, 0.25) is 10.0 Å². The molecule has 0 bridgehead atoms. The highest BCUT2D eigenvalue weighted by atomic mass is 35.5. The predicted octanol–water partition coefficient (Wildman–Crippen LogP) is 4.08. The molecule has 1 N–H and O–H groups in total. The molecule has 2 aliphatic rings. The van der Waals surface area contributed by atoms with Gasteiger partial charge in [-0.15, -0.1) is 0 Å². The summed E-state index contributed by atoms with van der Waals surface area (Å²) in [6.45, 7) is 7.52. The molecule has 3 rings (SSSR count). The third-order valence-corrected chi connectivity index (χ3v) is 6.50. The van der Waals surface area contributed by atoms with Gasteiger partial charge >= 0.3 is 0 Å². The maximum Gasteiger partial charge on any atom is 0.255 e. The van der Waals surface area contributed by atoms with Gasteiger partial charge in [0.2, 0.25) is 5.91 Å². The van der Waals surface area contributed by atoms with Crippen molar-refractivity contribution in [2.75, 3.05) is 32.7 Å². The molecule has 1 aliphatic carbocycles. The van der Waals surface area contributed by atoms with Crippen molar-refractivity contribution in [1.82, 2.24) is 15.1 Å². The number of benzene rings is 1. The SMILES string of the molecule is CC(C)CNC(=O)[C@H](C1CCCC1)N1CCN(C(=O)c2ccc(Cl)cc2Cl)CC1. The zero-order valence-corrected chi connectivity index (χ0v) is 18.8. The molecular formula is C22H31Cl2N3O2. The first-order valence-corrected chi connectivity index (χ1v) is 11.4. The van der Waals surface area contributed by atoms with Crippen molar-refractivity contribution in [3.05, 3.63) is 33.8 Å². The molecule has 0 spiro atoms. The van der Waals surface area contributed by atoms with E-state index in [4.69, 9.17) is 23.2 Å². The molecule has 1 atom stereocenters. The van der Waals surface area contributed by atoms with Gasteiger partial charge < -0.3 is 10.2 Å². The highest BCUT2D eigenvalue weighted by Gasteiger charge is 2.37. The summed E-state index contributed by atoms with van der Waals surface area (Å²) >= 11 is 12.2. The van der Waals surface area contributed by atoms with Gasteiger partial charge in [-0.2, -0.15) is 0 Å². The predicted molar refractivity (Wildman–Crippen MR) is 118 cm³/mol. The molecule has 5 nitrogen and oxygen atoms in total. The molecule has 0 aromatic heterocycles. The van der Waals surface area contributed by atoms with Crippen molar-refractivity contribution in [1.29, 1.82) is 0 Å². The zero-order valence-electron chi connectivity index (χ0n) is 17.3. The first-order valence-electron chi connectivity index (χ1n) is 10.6. The van der Waals surface area contributed by atoms with Crippen LogP contribution in [0.5, 0.6) is 0 Å². The van der Waals surface area contributed by atoms with Crippen LogP contribution in [0.4, 0.5) is 0 Å². The van der Waals surface area contributed by atoms with E-state index in [-0.39, 0.29) is 17.9 Å². The molecular weight excluding hydrogens is 409 g/mol. The Morgan fingerprint density at radius 1 is 1.10 bits per heavy atom. The topological polar surface area (TPSA) is 52.7 Å². The van der Waals surface area contributed by atoms with Gasteiger partial charge in [0, 0.05) is 37.7 Å². The molecule has 1 heterocycles.